The van der Waals surface area contributed by atoms with Gasteiger partial charge in [0.25, 0.3) is 0 Å². The van der Waals surface area contributed by atoms with Gasteiger partial charge in [-0.3, -0.25) is 0 Å². The molecule has 1 unspecified atom stereocenters. The fraction of sp³-hybridized carbons (Fsp3) is 0.957. The molecular weight excluding hydrogens is 324 g/mol. The molecule has 0 aromatic heterocycles. The molecule has 0 rings (SSSR count). The highest BCUT2D eigenvalue weighted by Crippen LogP contribution is 2.16. The molecule has 3 heteroatoms. The SMILES string of the molecule is CCCCCCCCCCCCCCCCCCOC(C)(CC)C(=O)[O-]. The molecule has 0 saturated heterocycles. The Balaban J connectivity index is 3.21. The van der Waals surface area contributed by atoms with Gasteiger partial charge in [0.05, 0.1) is 5.97 Å². The summed E-state index contributed by atoms with van der Waals surface area (Å²) in [5.74, 6) is -1.10. The fourth-order valence-corrected chi connectivity index (χ4v) is 3.25. The molecule has 3 nitrogen and oxygen atoms in total. The van der Waals surface area contributed by atoms with Crippen molar-refractivity contribution in [1.29, 1.82) is 0 Å². The van der Waals surface area contributed by atoms with Crippen molar-refractivity contribution in [2.45, 2.75) is 136 Å². The van der Waals surface area contributed by atoms with E-state index >= 15 is 0 Å². The highest BCUT2D eigenvalue weighted by atomic mass is 16.5. The highest BCUT2D eigenvalue weighted by Gasteiger charge is 2.23. The summed E-state index contributed by atoms with van der Waals surface area (Å²) < 4.78 is 5.50. The van der Waals surface area contributed by atoms with Crippen molar-refractivity contribution in [1.82, 2.24) is 0 Å². The highest BCUT2D eigenvalue weighted by molar-refractivity contribution is 5.74. The minimum atomic E-state index is -1.12. The van der Waals surface area contributed by atoms with Crippen LogP contribution in [0.15, 0.2) is 0 Å². The van der Waals surface area contributed by atoms with E-state index in [1.807, 2.05) is 6.92 Å². The summed E-state index contributed by atoms with van der Waals surface area (Å²) in [6.45, 7) is 6.23. The van der Waals surface area contributed by atoms with Crippen molar-refractivity contribution >= 4 is 5.97 Å². The van der Waals surface area contributed by atoms with Gasteiger partial charge < -0.3 is 14.6 Å². The minimum Gasteiger partial charge on any atom is -0.547 e. The molecule has 0 radical (unpaired) electrons. The number of carbonyl (C=O) groups excluding carboxylic acids is 1. The van der Waals surface area contributed by atoms with Crippen LogP contribution in [0.3, 0.4) is 0 Å². The van der Waals surface area contributed by atoms with E-state index in [9.17, 15) is 9.90 Å². The van der Waals surface area contributed by atoms with Crippen LogP contribution in [0, 0.1) is 0 Å². The fourth-order valence-electron chi connectivity index (χ4n) is 3.25. The lowest BCUT2D eigenvalue weighted by atomic mass is 10.0. The molecule has 0 aromatic rings. The normalized spacial score (nSPS) is 13.7. The van der Waals surface area contributed by atoms with Crippen molar-refractivity contribution in [3.8, 4) is 0 Å². The van der Waals surface area contributed by atoms with Crippen LogP contribution in [0.5, 0.6) is 0 Å². The van der Waals surface area contributed by atoms with E-state index < -0.39 is 11.6 Å². The summed E-state index contributed by atoms with van der Waals surface area (Å²) in [5.41, 5.74) is -1.12. The predicted molar refractivity (Wildman–Crippen MR) is 109 cm³/mol. The van der Waals surface area contributed by atoms with E-state index in [0.29, 0.717) is 13.0 Å². The molecule has 0 aliphatic carbocycles. The van der Waals surface area contributed by atoms with E-state index in [4.69, 9.17) is 4.74 Å². The second-order valence-electron chi connectivity index (χ2n) is 8.02. The maximum Gasteiger partial charge on any atom is 0.104 e. The zero-order valence-electron chi connectivity index (χ0n) is 18.0. The van der Waals surface area contributed by atoms with Crippen molar-refractivity contribution in [2.24, 2.45) is 0 Å². The summed E-state index contributed by atoms with van der Waals surface area (Å²) in [7, 11) is 0. The van der Waals surface area contributed by atoms with Crippen LogP contribution < -0.4 is 5.11 Å². The Morgan fingerprint density at radius 2 is 1.04 bits per heavy atom. The summed E-state index contributed by atoms with van der Waals surface area (Å²) in [5, 5.41) is 11.0. The molecule has 1 atom stereocenters. The third-order valence-electron chi connectivity index (χ3n) is 5.52. The molecule has 156 valence electrons. The van der Waals surface area contributed by atoms with Crippen molar-refractivity contribution < 1.29 is 14.6 Å². The van der Waals surface area contributed by atoms with E-state index in [1.165, 1.54) is 89.9 Å². The van der Waals surface area contributed by atoms with Gasteiger partial charge in [-0.2, -0.15) is 0 Å². The third-order valence-corrected chi connectivity index (χ3v) is 5.52. The number of hydrogen-bond donors (Lipinski definition) is 0. The average Bonchev–Trinajstić information content (AvgIpc) is 2.63. The Hall–Kier alpha value is -0.570. The molecule has 0 N–H and O–H groups in total. The lowest BCUT2D eigenvalue weighted by molar-refractivity contribution is -0.326. The Kier molecular flexibility index (Phi) is 17.4. The molecule has 0 spiro atoms. The molecule has 0 amide bonds. The Morgan fingerprint density at radius 3 is 1.35 bits per heavy atom. The summed E-state index contributed by atoms with van der Waals surface area (Å²) >= 11 is 0. The van der Waals surface area contributed by atoms with Gasteiger partial charge in [0.15, 0.2) is 0 Å². The Labute approximate surface area is 163 Å². The maximum absolute atomic E-state index is 11.0. The number of ether oxygens (including phenoxy) is 1. The Bertz CT molecular complexity index is 317. The topological polar surface area (TPSA) is 49.4 Å². The summed E-state index contributed by atoms with van der Waals surface area (Å²) in [6.07, 6.45) is 21.9. The molecule has 0 heterocycles. The summed E-state index contributed by atoms with van der Waals surface area (Å²) in [6, 6.07) is 0. The van der Waals surface area contributed by atoms with Crippen molar-refractivity contribution in [3.63, 3.8) is 0 Å². The number of carbonyl (C=O) groups is 1. The number of carboxylic acid groups (broad SMARTS) is 1. The smallest absolute Gasteiger partial charge is 0.104 e. The van der Waals surface area contributed by atoms with Crippen LogP contribution in [0.4, 0.5) is 0 Å². The molecule has 0 bridgehead atoms. The molecular formula is C23H45O3-. The number of aliphatic carboxylic acids is 1. The first-order valence-corrected chi connectivity index (χ1v) is 11.4. The van der Waals surface area contributed by atoms with E-state index in [-0.39, 0.29) is 0 Å². The molecule has 0 saturated carbocycles. The Morgan fingerprint density at radius 1 is 0.692 bits per heavy atom. The van der Waals surface area contributed by atoms with Crippen LogP contribution in [-0.4, -0.2) is 18.2 Å². The lowest BCUT2D eigenvalue weighted by Crippen LogP contribution is -2.47. The molecule has 26 heavy (non-hydrogen) atoms. The van der Waals surface area contributed by atoms with Gasteiger partial charge in [0.2, 0.25) is 0 Å². The van der Waals surface area contributed by atoms with Gasteiger partial charge >= 0.3 is 0 Å². The first-order valence-electron chi connectivity index (χ1n) is 11.4. The van der Waals surface area contributed by atoms with E-state index in [1.54, 1.807) is 6.92 Å². The first-order chi connectivity index (χ1) is 12.6. The van der Waals surface area contributed by atoms with Crippen LogP contribution >= 0.6 is 0 Å². The average molecular weight is 370 g/mol. The molecule has 0 fully saturated rings. The van der Waals surface area contributed by atoms with Crippen molar-refractivity contribution in [3.05, 3.63) is 0 Å². The maximum atomic E-state index is 11.0. The van der Waals surface area contributed by atoms with Gasteiger partial charge in [0, 0.05) is 6.61 Å². The van der Waals surface area contributed by atoms with Gasteiger partial charge in [-0.05, 0) is 19.8 Å². The van der Waals surface area contributed by atoms with Crippen LogP contribution in [0.1, 0.15) is 130 Å². The monoisotopic (exact) mass is 369 g/mol. The lowest BCUT2D eigenvalue weighted by Gasteiger charge is -2.29. The van der Waals surface area contributed by atoms with Gasteiger partial charge in [0.1, 0.15) is 5.60 Å². The largest absolute Gasteiger partial charge is 0.547 e. The number of unbranched alkanes of at least 4 members (excludes halogenated alkanes) is 15. The predicted octanol–water partition coefficient (Wildman–Crippen LogP) is 6.18. The summed E-state index contributed by atoms with van der Waals surface area (Å²) in [4.78, 5) is 11.0. The third kappa shape index (κ3) is 14.6. The second-order valence-corrected chi connectivity index (χ2v) is 8.02. The standard InChI is InChI=1S/C23H46O3/c1-4-6-7-8-9-10-11-12-13-14-15-16-17-18-19-20-21-26-23(3,5-2)22(24)25/h4-21H2,1-3H3,(H,24,25)/p-1. The van der Waals surface area contributed by atoms with E-state index in [2.05, 4.69) is 6.92 Å². The zero-order chi connectivity index (χ0) is 19.5. The minimum absolute atomic E-state index is 0.453. The molecule has 0 aliphatic rings. The van der Waals surface area contributed by atoms with Gasteiger partial charge in [-0.1, -0.05) is 110 Å². The first kappa shape index (κ1) is 25.4. The molecule has 0 aromatic carbocycles. The van der Waals surface area contributed by atoms with E-state index in [0.717, 1.165) is 12.8 Å². The van der Waals surface area contributed by atoms with Crippen molar-refractivity contribution in [2.75, 3.05) is 6.61 Å². The van der Waals surface area contributed by atoms with Crippen LogP contribution in [-0.2, 0) is 9.53 Å². The zero-order valence-corrected chi connectivity index (χ0v) is 18.0. The van der Waals surface area contributed by atoms with Crippen LogP contribution in [0.25, 0.3) is 0 Å². The van der Waals surface area contributed by atoms with Gasteiger partial charge in [-0.15, -0.1) is 0 Å². The quantitative estimate of drug-likeness (QED) is 0.241. The number of hydrogen-bond acceptors (Lipinski definition) is 3. The second kappa shape index (κ2) is 17.8. The van der Waals surface area contributed by atoms with Crippen LogP contribution in [0.2, 0.25) is 0 Å². The number of rotatable bonds is 20. The van der Waals surface area contributed by atoms with Gasteiger partial charge in [-0.25, -0.2) is 0 Å². The molecule has 0 aliphatic heterocycles. The number of carboxylic acids is 1.